The van der Waals surface area contributed by atoms with Gasteiger partial charge in [-0.15, -0.1) is 0 Å². The number of rotatable bonds is 3. The lowest BCUT2D eigenvalue weighted by atomic mass is 9.80. The Balaban J connectivity index is 0. The van der Waals surface area contributed by atoms with Crippen molar-refractivity contribution in [3.05, 3.63) is 71.9 Å². The van der Waals surface area contributed by atoms with Gasteiger partial charge in [0.15, 0.2) is 0 Å². The van der Waals surface area contributed by atoms with E-state index in [4.69, 9.17) is 0 Å². The minimum Gasteiger partial charge on any atom is -0.0991 e. The fraction of sp³-hybridized carbons (Fsp3) is 0.429. The van der Waals surface area contributed by atoms with Gasteiger partial charge in [0.05, 0.1) is 0 Å². The van der Waals surface area contributed by atoms with Crippen LogP contribution >= 0.6 is 0 Å². The molecule has 0 radical (unpaired) electrons. The fourth-order valence-electron chi connectivity index (χ4n) is 2.35. The van der Waals surface area contributed by atoms with Crippen LogP contribution in [-0.2, 0) is 0 Å². The second-order valence-corrected chi connectivity index (χ2v) is 4.84. The van der Waals surface area contributed by atoms with E-state index in [1.807, 2.05) is 52.8 Å². The van der Waals surface area contributed by atoms with E-state index < -0.39 is 0 Å². The van der Waals surface area contributed by atoms with Crippen molar-refractivity contribution in [2.45, 2.75) is 55.4 Å². The van der Waals surface area contributed by atoms with Crippen molar-refractivity contribution in [3.8, 4) is 0 Å². The van der Waals surface area contributed by atoms with Crippen molar-refractivity contribution < 1.29 is 0 Å². The molecule has 0 nitrogen and oxygen atoms in total. The van der Waals surface area contributed by atoms with Crippen LogP contribution in [-0.4, -0.2) is 0 Å². The molecular weight excluding hydrogens is 252 g/mol. The van der Waals surface area contributed by atoms with Crippen molar-refractivity contribution in [2.75, 3.05) is 0 Å². The molecule has 0 aromatic rings. The Hall–Kier alpha value is -1.56. The van der Waals surface area contributed by atoms with Crippen LogP contribution in [0.2, 0.25) is 0 Å². The average molecular weight is 287 g/mol. The highest BCUT2D eigenvalue weighted by molar-refractivity contribution is 5.63. The largest absolute Gasteiger partial charge is 0.0991 e. The summed E-state index contributed by atoms with van der Waals surface area (Å²) in [4.78, 5) is 0. The highest BCUT2D eigenvalue weighted by Gasteiger charge is 2.35. The van der Waals surface area contributed by atoms with Gasteiger partial charge in [-0.05, 0) is 36.1 Å². The Bertz CT molecular complexity index is 448. The molecule has 0 spiro atoms. The molecule has 118 valence electrons. The molecule has 1 rings (SSSR count). The third-order valence-corrected chi connectivity index (χ3v) is 3.38. The Morgan fingerprint density at radius 3 is 1.95 bits per heavy atom. The molecule has 0 amide bonds. The second kappa shape index (κ2) is 11.1. The lowest BCUT2D eigenvalue weighted by molar-refractivity contribution is 0.578. The van der Waals surface area contributed by atoms with E-state index >= 15 is 0 Å². The molecule has 0 heterocycles. The molecule has 0 fully saturated rings. The first-order valence-corrected chi connectivity index (χ1v) is 8.00. The topological polar surface area (TPSA) is 0 Å². The van der Waals surface area contributed by atoms with Crippen LogP contribution in [0.5, 0.6) is 0 Å². The summed E-state index contributed by atoms with van der Waals surface area (Å²) in [6.07, 6.45) is 12.2. The van der Waals surface area contributed by atoms with Gasteiger partial charge < -0.3 is 0 Å². The monoisotopic (exact) mass is 286 g/mol. The van der Waals surface area contributed by atoms with E-state index in [0.29, 0.717) is 0 Å². The first-order chi connectivity index (χ1) is 9.96. The lowest BCUT2D eigenvalue weighted by Crippen LogP contribution is -2.12. The molecule has 0 bridgehead atoms. The summed E-state index contributed by atoms with van der Waals surface area (Å²) >= 11 is 0. The van der Waals surface area contributed by atoms with E-state index in [-0.39, 0.29) is 5.41 Å². The zero-order chi connectivity index (χ0) is 17.1. The summed E-state index contributed by atoms with van der Waals surface area (Å²) in [6.45, 7) is 24.6. The van der Waals surface area contributed by atoms with Gasteiger partial charge in [0.2, 0.25) is 0 Å². The van der Waals surface area contributed by atoms with Gasteiger partial charge in [-0.1, -0.05) is 91.2 Å². The van der Waals surface area contributed by atoms with Gasteiger partial charge in [-0.3, -0.25) is 0 Å². The maximum atomic E-state index is 4.20. The van der Waals surface area contributed by atoms with Gasteiger partial charge >= 0.3 is 0 Å². The smallest absolute Gasteiger partial charge is 0.0155 e. The summed E-state index contributed by atoms with van der Waals surface area (Å²) in [5, 5.41) is 0. The predicted octanol–water partition coefficient (Wildman–Crippen LogP) is 7.20. The van der Waals surface area contributed by atoms with Gasteiger partial charge in [0, 0.05) is 5.41 Å². The normalized spacial score (nSPS) is 18.7. The molecule has 0 aliphatic heterocycles. The van der Waals surface area contributed by atoms with Crippen LogP contribution in [0.1, 0.15) is 55.4 Å². The third kappa shape index (κ3) is 5.38. The van der Waals surface area contributed by atoms with Crippen molar-refractivity contribution in [1.29, 1.82) is 0 Å². The molecule has 0 heteroatoms. The molecule has 0 N–H and O–H groups in total. The fourth-order valence-corrected chi connectivity index (χ4v) is 2.35. The standard InChI is InChI=1S/C17H22.2C2H6/c1-7-9-11-15-13(3)14(4)16(12-10-8-2)17(15,5)6;2*1-2/h7-12H,1,4H2,2-3,5-6H3;2*1-2H3/b10-8-,11-9-,16-12+;;. The van der Waals surface area contributed by atoms with Crippen LogP contribution in [0.25, 0.3) is 0 Å². The van der Waals surface area contributed by atoms with E-state index in [1.54, 1.807) is 0 Å². The molecule has 0 atom stereocenters. The zero-order valence-corrected chi connectivity index (χ0v) is 15.4. The molecule has 0 aromatic carbocycles. The lowest BCUT2D eigenvalue weighted by Gasteiger charge is -2.23. The van der Waals surface area contributed by atoms with Gasteiger partial charge in [0.25, 0.3) is 0 Å². The Labute approximate surface area is 133 Å². The maximum Gasteiger partial charge on any atom is 0.0155 e. The Morgan fingerprint density at radius 1 is 1.00 bits per heavy atom. The van der Waals surface area contributed by atoms with E-state index in [0.717, 1.165) is 5.57 Å². The Kier molecular flexibility index (Phi) is 11.5. The third-order valence-electron chi connectivity index (χ3n) is 3.38. The first-order valence-electron chi connectivity index (χ1n) is 8.00. The van der Waals surface area contributed by atoms with E-state index in [2.05, 4.69) is 52.2 Å². The molecule has 0 saturated heterocycles. The number of hydrogen-bond donors (Lipinski definition) is 0. The van der Waals surface area contributed by atoms with Crippen LogP contribution < -0.4 is 0 Å². The van der Waals surface area contributed by atoms with Gasteiger partial charge in [-0.2, -0.15) is 0 Å². The molecular formula is C21H34. The molecule has 0 unspecified atom stereocenters. The van der Waals surface area contributed by atoms with E-state index in [9.17, 15) is 0 Å². The van der Waals surface area contributed by atoms with E-state index in [1.165, 1.54) is 16.7 Å². The molecule has 1 aliphatic rings. The molecule has 1 aliphatic carbocycles. The van der Waals surface area contributed by atoms with Crippen LogP contribution in [0, 0.1) is 5.41 Å². The zero-order valence-electron chi connectivity index (χ0n) is 15.4. The maximum absolute atomic E-state index is 4.20. The van der Waals surface area contributed by atoms with Gasteiger partial charge in [-0.25, -0.2) is 0 Å². The number of hydrogen-bond acceptors (Lipinski definition) is 0. The molecule has 0 aromatic heterocycles. The minimum absolute atomic E-state index is 0.0280. The van der Waals surface area contributed by atoms with Gasteiger partial charge in [0.1, 0.15) is 0 Å². The minimum atomic E-state index is 0.0280. The van der Waals surface area contributed by atoms with Crippen molar-refractivity contribution in [1.82, 2.24) is 0 Å². The molecule has 0 saturated carbocycles. The van der Waals surface area contributed by atoms with Crippen molar-refractivity contribution in [3.63, 3.8) is 0 Å². The molecule has 21 heavy (non-hydrogen) atoms. The summed E-state index contributed by atoms with van der Waals surface area (Å²) in [6, 6.07) is 0. The van der Waals surface area contributed by atoms with Crippen molar-refractivity contribution in [2.24, 2.45) is 5.41 Å². The quantitative estimate of drug-likeness (QED) is 0.481. The summed E-state index contributed by atoms with van der Waals surface area (Å²) in [5.74, 6) is 0. The summed E-state index contributed by atoms with van der Waals surface area (Å²) < 4.78 is 0. The highest BCUT2D eigenvalue weighted by Crippen LogP contribution is 2.49. The van der Waals surface area contributed by atoms with Crippen LogP contribution in [0.3, 0.4) is 0 Å². The van der Waals surface area contributed by atoms with Crippen molar-refractivity contribution >= 4 is 0 Å². The SMILES string of the molecule is C=C/C=C\C1=C(C)C(=C)/C(=C\C=C/C)C1(C)C.CC.CC. The summed E-state index contributed by atoms with van der Waals surface area (Å²) in [5.41, 5.74) is 5.09. The Morgan fingerprint density at radius 2 is 1.52 bits per heavy atom. The van der Waals surface area contributed by atoms with Crippen LogP contribution in [0.4, 0.5) is 0 Å². The summed E-state index contributed by atoms with van der Waals surface area (Å²) in [7, 11) is 0. The number of allylic oxidation sites excluding steroid dienone is 10. The predicted molar refractivity (Wildman–Crippen MR) is 101 cm³/mol. The van der Waals surface area contributed by atoms with Crippen LogP contribution in [0.15, 0.2) is 71.9 Å². The average Bonchev–Trinajstić information content (AvgIpc) is 2.66. The first kappa shape index (κ1) is 21.7. The highest BCUT2D eigenvalue weighted by atomic mass is 14.4. The second-order valence-electron chi connectivity index (χ2n) is 4.84.